The van der Waals surface area contributed by atoms with Gasteiger partial charge in [-0.15, -0.1) is 0 Å². The van der Waals surface area contributed by atoms with E-state index in [2.05, 4.69) is 95.9 Å². The Kier molecular flexibility index (Phi) is 6.45. The maximum atomic E-state index is 6.32. The van der Waals surface area contributed by atoms with E-state index < -0.39 is 0 Å². The summed E-state index contributed by atoms with van der Waals surface area (Å²) in [6.45, 7) is 4.60. The molecule has 0 saturated carbocycles. The van der Waals surface area contributed by atoms with Crippen LogP contribution in [0.5, 0.6) is 5.75 Å². The van der Waals surface area contributed by atoms with Crippen molar-refractivity contribution in [1.82, 2.24) is 9.97 Å². The maximum Gasteiger partial charge on any atom is 0.130 e. The van der Waals surface area contributed by atoms with Gasteiger partial charge in [0.1, 0.15) is 11.3 Å². The number of para-hydroxylation sites is 2. The minimum Gasteiger partial charge on any atom is -0.492 e. The minimum absolute atomic E-state index is 0.582. The predicted octanol–water partition coefficient (Wildman–Crippen LogP) is 8.49. The predicted molar refractivity (Wildman–Crippen MR) is 157 cm³/mol. The largest absolute Gasteiger partial charge is 0.492 e. The molecule has 186 valence electrons. The SMILES string of the molecule is Cc1ccc2ccc3c(OCCc4ccc(N(c5ccccc5)c5ccccc5)cc4)cc(C)nc3c2n1. The van der Waals surface area contributed by atoms with Crippen LogP contribution in [-0.4, -0.2) is 16.6 Å². The molecule has 2 heterocycles. The van der Waals surface area contributed by atoms with Gasteiger partial charge < -0.3 is 9.64 Å². The van der Waals surface area contributed by atoms with Crippen LogP contribution in [0.4, 0.5) is 17.1 Å². The van der Waals surface area contributed by atoms with Crippen LogP contribution in [0.1, 0.15) is 17.0 Å². The second kappa shape index (κ2) is 10.3. The Morgan fingerprint density at radius 2 is 1.21 bits per heavy atom. The fraction of sp³-hybridized carbons (Fsp3) is 0.118. The lowest BCUT2D eigenvalue weighted by Gasteiger charge is -2.25. The standard InChI is InChI=1S/C34H29N3O/c1-24-13-16-27-17-20-31-32(23-25(2)36-34(31)33(27)35-24)38-22-21-26-14-18-30(19-15-26)37(28-9-5-3-6-10-28)29-11-7-4-8-12-29/h3-20,23H,21-22H2,1-2H3. The van der Waals surface area contributed by atoms with Gasteiger partial charge in [0.25, 0.3) is 0 Å². The molecule has 0 fully saturated rings. The molecule has 0 amide bonds. The van der Waals surface area contributed by atoms with Crippen molar-refractivity contribution in [2.45, 2.75) is 20.3 Å². The summed E-state index contributed by atoms with van der Waals surface area (Å²) in [7, 11) is 0. The first-order chi connectivity index (χ1) is 18.7. The van der Waals surface area contributed by atoms with E-state index in [0.717, 1.165) is 62.4 Å². The molecule has 0 radical (unpaired) electrons. The summed E-state index contributed by atoms with van der Waals surface area (Å²) in [5.41, 5.74) is 8.34. The summed E-state index contributed by atoms with van der Waals surface area (Å²) in [6.07, 6.45) is 0.810. The zero-order valence-electron chi connectivity index (χ0n) is 21.6. The van der Waals surface area contributed by atoms with E-state index >= 15 is 0 Å². The molecular formula is C34H29N3O. The van der Waals surface area contributed by atoms with Crippen LogP contribution in [0, 0.1) is 13.8 Å². The van der Waals surface area contributed by atoms with E-state index in [-0.39, 0.29) is 0 Å². The average molecular weight is 496 g/mol. The van der Waals surface area contributed by atoms with Gasteiger partial charge in [0.05, 0.1) is 12.1 Å². The molecule has 0 spiro atoms. The maximum absolute atomic E-state index is 6.32. The molecule has 38 heavy (non-hydrogen) atoms. The van der Waals surface area contributed by atoms with Crippen LogP contribution in [0.15, 0.2) is 115 Å². The molecule has 0 aliphatic rings. The lowest BCUT2D eigenvalue weighted by atomic mass is 10.1. The van der Waals surface area contributed by atoms with Crippen LogP contribution < -0.4 is 9.64 Å². The quantitative estimate of drug-likeness (QED) is 0.208. The fourth-order valence-corrected chi connectivity index (χ4v) is 4.87. The van der Waals surface area contributed by atoms with Crippen molar-refractivity contribution in [2.75, 3.05) is 11.5 Å². The van der Waals surface area contributed by atoms with Crippen LogP contribution >= 0.6 is 0 Å². The molecule has 2 aromatic heterocycles. The molecule has 0 aliphatic heterocycles. The van der Waals surface area contributed by atoms with Crippen molar-refractivity contribution >= 4 is 38.9 Å². The third kappa shape index (κ3) is 4.81. The van der Waals surface area contributed by atoms with E-state index in [1.807, 2.05) is 38.1 Å². The van der Waals surface area contributed by atoms with Gasteiger partial charge in [0.2, 0.25) is 0 Å². The van der Waals surface area contributed by atoms with Crippen LogP contribution in [-0.2, 0) is 6.42 Å². The van der Waals surface area contributed by atoms with E-state index in [4.69, 9.17) is 14.7 Å². The molecule has 0 saturated heterocycles. The van der Waals surface area contributed by atoms with Gasteiger partial charge in [-0.1, -0.05) is 60.7 Å². The summed E-state index contributed by atoms with van der Waals surface area (Å²) in [4.78, 5) is 11.8. The van der Waals surface area contributed by atoms with Gasteiger partial charge >= 0.3 is 0 Å². The van der Waals surface area contributed by atoms with Crippen molar-refractivity contribution in [1.29, 1.82) is 0 Å². The van der Waals surface area contributed by atoms with Gasteiger partial charge in [-0.25, -0.2) is 0 Å². The van der Waals surface area contributed by atoms with Crippen molar-refractivity contribution in [3.63, 3.8) is 0 Å². The number of pyridine rings is 2. The number of nitrogens with zero attached hydrogens (tertiary/aromatic N) is 3. The Labute approximate surface area is 223 Å². The normalized spacial score (nSPS) is 11.1. The first-order valence-corrected chi connectivity index (χ1v) is 13.0. The number of rotatable bonds is 7. The fourth-order valence-electron chi connectivity index (χ4n) is 4.87. The third-order valence-electron chi connectivity index (χ3n) is 6.74. The number of benzene rings is 4. The lowest BCUT2D eigenvalue weighted by molar-refractivity contribution is 0.325. The minimum atomic E-state index is 0.582. The highest BCUT2D eigenvalue weighted by Gasteiger charge is 2.13. The number of aromatic nitrogens is 2. The summed E-state index contributed by atoms with van der Waals surface area (Å²) in [5.74, 6) is 0.855. The van der Waals surface area contributed by atoms with E-state index in [1.165, 1.54) is 5.56 Å². The molecule has 6 rings (SSSR count). The Morgan fingerprint density at radius 3 is 1.89 bits per heavy atom. The Bertz CT molecular complexity index is 1660. The molecule has 0 atom stereocenters. The molecule has 6 aromatic rings. The lowest BCUT2D eigenvalue weighted by Crippen LogP contribution is -2.10. The first-order valence-electron chi connectivity index (χ1n) is 13.0. The second-order valence-electron chi connectivity index (χ2n) is 9.52. The summed E-state index contributed by atoms with van der Waals surface area (Å²) < 4.78 is 6.32. The van der Waals surface area contributed by atoms with Gasteiger partial charge in [0.15, 0.2) is 0 Å². The number of hydrogen-bond donors (Lipinski definition) is 0. The average Bonchev–Trinajstić information content (AvgIpc) is 2.95. The van der Waals surface area contributed by atoms with E-state index in [1.54, 1.807) is 0 Å². The van der Waals surface area contributed by atoms with Gasteiger partial charge in [0, 0.05) is 51.7 Å². The van der Waals surface area contributed by atoms with E-state index in [0.29, 0.717) is 6.61 Å². The number of hydrogen-bond acceptors (Lipinski definition) is 4. The number of fused-ring (bicyclic) bond motifs is 3. The molecule has 0 unspecified atom stereocenters. The van der Waals surface area contributed by atoms with Gasteiger partial charge in [-0.05, 0) is 67.9 Å². The summed E-state index contributed by atoms with van der Waals surface area (Å²) in [6, 6.07) is 40.0. The van der Waals surface area contributed by atoms with Crippen LogP contribution in [0.2, 0.25) is 0 Å². The molecule has 4 aromatic carbocycles. The number of anilines is 3. The highest BCUT2D eigenvalue weighted by atomic mass is 16.5. The zero-order valence-corrected chi connectivity index (χ0v) is 21.6. The van der Waals surface area contributed by atoms with Crippen molar-refractivity contribution in [3.8, 4) is 5.75 Å². The molecule has 0 N–H and O–H groups in total. The Balaban J connectivity index is 1.22. The monoisotopic (exact) mass is 495 g/mol. The van der Waals surface area contributed by atoms with Crippen molar-refractivity contribution in [2.24, 2.45) is 0 Å². The van der Waals surface area contributed by atoms with Crippen LogP contribution in [0.25, 0.3) is 21.8 Å². The van der Waals surface area contributed by atoms with Crippen LogP contribution in [0.3, 0.4) is 0 Å². The molecule has 4 heteroatoms. The first kappa shape index (κ1) is 23.7. The topological polar surface area (TPSA) is 38.2 Å². The third-order valence-corrected chi connectivity index (χ3v) is 6.74. The highest BCUT2D eigenvalue weighted by Crippen LogP contribution is 2.34. The summed E-state index contributed by atoms with van der Waals surface area (Å²) >= 11 is 0. The Morgan fingerprint density at radius 1 is 0.605 bits per heavy atom. The number of ether oxygens (including phenoxy) is 1. The zero-order chi connectivity index (χ0) is 25.9. The number of aryl methyl sites for hydroxylation is 2. The molecule has 0 aliphatic carbocycles. The van der Waals surface area contributed by atoms with Gasteiger partial charge in [-0.3, -0.25) is 9.97 Å². The van der Waals surface area contributed by atoms with E-state index in [9.17, 15) is 0 Å². The summed E-state index contributed by atoms with van der Waals surface area (Å²) in [5, 5.41) is 2.09. The van der Waals surface area contributed by atoms with Gasteiger partial charge in [-0.2, -0.15) is 0 Å². The Hall–Kier alpha value is -4.70. The van der Waals surface area contributed by atoms with Crippen molar-refractivity contribution in [3.05, 3.63) is 132 Å². The van der Waals surface area contributed by atoms with Crippen molar-refractivity contribution < 1.29 is 4.74 Å². The smallest absolute Gasteiger partial charge is 0.130 e. The highest BCUT2D eigenvalue weighted by molar-refractivity contribution is 6.05. The second-order valence-corrected chi connectivity index (χ2v) is 9.52. The molecular weight excluding hydrogens is 466 g/mol. The molecule has 0 bridgehead atoms. The molecule has 4 nitrogen and oxygen atoms in total.